The Balaban J connectivity index is 2.62. The zero-order chi connectivity index (χ0) is 10.6. The monoisotopic (exact) mass is 213 g/mol. The van der Waals surface area contributed by atoms with E-state index >= 15 is 0 Å². The molecule has 14 heavy (non-hydrogen) atoms. The fourth-order valence-corrected chi connectivity index (χ4v) is 2.26. The van der Waals surface area contributed by atoms with Crippen molar-refractivity contribution in [3.63, 3.8) is 0 Å². The number of ketones is 1. The molecule has 1 rings (SSSR count). The Labute approximate surface area is 88.1 Å². The number of carbonyl (C=O) groups excluding carboxylic acids is 1. The van der Waals surface area contributed by atoms with Crippen LogP contribution in [0.15, 0.2) is 0 Å². The summed E-state index contributed by atoms with van der Waals surface area (Å²) in [7, 11) is 1.69. The number of hydrogen-bond donors (Lipinski definition) is 0. The molecule has 0 radical (unpaired) electrons. The van der Waals surface area contributed by atoms with Gasteiger partial charge in [-0.25, -0.2) is 4.98 Å². The van der Waals surface area contributed by atoms with Gasteiger partial charge in [0.25, 0.3) is 0 Å². The Morgan fingerprint density at radius 1 is 1.57 bits per heavy atom. The fraction of sp³-hybridized carbons (Fsp3) is 0.600. The molecular formula is C10H15NO2S. The van der Waals surface area contributed by atoms with E-state index in [0.717, 1.165) is 35.0 Å². The molecule has 0 atom stereocenters. The van der Waals surface area contributed by atoms with Crippen LogP contribution in [0.3, 0.4) is 0 Å². The van der Waals surface area contributed by atoms with E-state index in [1.54, 1.807) is 14.0 Å². The quantitative estimate of drug-likeness (QED) is 0.556. The number of methoxy groups -OCH3 is 1. The molecule has 0 saturated heterocycles. The van der Waals surface area contributed by atoms with Gasteiger partial charge in [-0.1, -0.05) is 0 Å². The zero-order valence-corrected chi connectivity index (χ0v) is 9.61. The average molecular weight is 213 g/mol. The lowest BCUT2D eigenvalue weighted by molar-refractivity contribution is 0.102. The van der Waals surface area contributed by atoms with Crippen molar-refractivity contribution in [1.29, 1.82) is 0 Å². The summed E-state index contributed by atoms with van der Waals surface area (Å²) in [6, 6.07) is 0. The normalized spacial score (nSPS) is 10.5. The van der Waals surface area contributed by atoms with Crippen LogP contribution in [-0.4, -0.2) is 24.5 Å². The van der Waals surface area contributed by atoms with Crippen LogP contribution in [0, 0.1) is 6.92 Å². The predicted molar refractivity (Wildman–Crippen MR) is 57.1 cm³/mol. The molecule has 0 saturated carbocycles. The van der Waals surface area contributed by atoms with Crippen molar-refractivity contribution in [2.45, 2.75) is 26.7 Å². The number of hydrogen-bond acceptors (Lipinski definition) is 4. The first-order valence-corrected chi connectivity index (χ1v) is 5.43. The highest BCUT2D eigenvalue weighted by Gasteiger charge is 2.10. The van der Waals surface area contributed by atoms with Crippen molar-refractivity contribution in [3.05, 3.63) is 15.6 Å². The predicted octanol–water partition coefficient (Wildman–Crippen LogP) is 2.23. The standard InChI is InChI=1S/C10H15NO2S/c1-7-10(8(2)12)14-9(11-7)5-4-6-13-3/h4-6H2,1-3H3. The number of ether oxygens (including phenoxy) is 1. The SMILES string of the molecule is COCCCc1nc(C)c(C(C)=O)s1. The third-order valence-electron chi connectivity index (χ3n) is 1.90. The van der Waals surface area contributed by atoms with Gasteiger partial charge in [0.15, 0.2) is 5.78 Å². The van der Waals surface area contributed by atoms with E-state index in [1.165, 1.54) is 11.3 Å². The summed E-state index contributed by atoms with van der Waals surface area (Å²) in [4.78, 5) is 16.3. The summed E-state index contributed by atoms with van der Waals surface area (Å²) in [6.45, 7) is 4.21. The molecule has 3 nitrogen and oxygen atoms in total. The molecule has 0 aliphatic heterocycles. The lowest BCUT2D eigenvalue weighted by atomic mass is 10.3. The van der Waals surface area contributed by atoms with Gasteiger partial charge in [0, 0.05) is 27.1 Å². The third kappa shape index (κ3) is 2.89. The van der Waals surface area contributed by atoms with Crippen LogP contribution in [0.25, 0.3) is 0 Å². The summed E-state index contributed by atoms with van der Waals surface area (Å²) in [5.74, 6) is 0.109. The van der Waals surface area contributed by atoms with Gasteiger partial charge in [-0.05, 0) is 13.3 Å². The number of Topliss-reactive ketones (excluding diaryl/α,β-unsaturated/α-hetero) is 1. The Bertz CT molecular complexity index is 320. The van der Waals surface area contributed by atoms with E-state index in [0.29, 0.717) is 0 Å². The van der Waals surface area contributed by atoms with Gasteiger partial charge in [0.05, 0.1) is 15.6 Å². The smallest absolute Gasteiger partial charge is 0.171 e. The number of aromatic nitrogens is 1. The first kappa shape index (κ1) is 11.3. The van der Waals surface area contributed by atoms with E-state index < -0.39 is 0 Å². The molecule has 78 valence electrons. The van der Waals surface area contributed by atoms with Crippen LogP contribution >= 0.6 is 11.3 Å². The summed E-state index contributed by atoms with van der Waals surface area (Å²) >= 11 is 1.50. The maximum Gasteiger partial charge on any atom is 0.171 e. The van der Waals surface area contributed by atoms with E-state index in [2.05, 4.69) is 4.98 Å². The van der Waals surface area contributed by atoms with Crippen LogP contribution in [0.5, 0.6) is 0 Å². The minimum Gasteiger partial charge on any atom is -0.385 e. The molecule has 0 aromatic carbocycles. The Morgan fingerprint density at radius 2 is 2.29 bits per heavy atom. The zero-order valence-electron chi connectivity index (χ0n) is 8.79. The molecule has 4 heteroatoms. The number of rotatable bonds is 5. The number of carbonyl (C=O) groups is 1. The van der Waals surface area contributed by atoms with Crippen LogP contribution < -0.4 is 0 Å². The highest BCUT2D eigenvalue weighted by Crippen LogP contribution is 2.19. The van der Waals surface area contributed by atoms with Crippen LogP contribution in [0.2, 0.25) is 0 Å². The number of aryl methyl sites for hydroxylation is 2. The second kappa shape index (κ2) is 5.22. The van der Waals surface area contributed by atoms with Gasteiger partial charge in [-0.15, -0.1) is 11.3 Å². The lowest BCUT2D eigenvalue weighted by Crippen LogP contribution is -1.91. The maximum absolute atomic E-state index is 11.2. The van der Waals surface area contributed by atoms with Crippen molar-refractivity contribution >= 4 is 17.1 Å². The van der Waals surface area contributed by atoms with Gasteiger partial charge in [0.1, 0.15) is 0 Å². The first-order chi connectivity index (χ1) is 6.65. The van der Waals surface area contributed by atoms with Crippen LogP contribution in [0.1, 0.15) is 33.7 Å². The molecule has 0 spiro atoms. The van der Waals surface area contributed by atoms with Gasteiger partial charge < -0.3 is 4.74 Å². The lowest BCUT2D eigenvalue weighted by Gasteiger charge is -1.94. The molecule has 0 bridgehead atoms. The molecule has 0 N–H and O–H groups in total. The second-order valence-corrected chi connectivity index (χ2v) is 4.26. The third-order valence-corrected chi connectivity index (χ3v) is 3.22. The van der Waals surface area contributed by atoms with Gasteiger partial charge in [0.2, 0.25) is 0 Å². The molecule has 0 fully saturated rings. The summed E-state index contributed by atoms with van der Waals surface area (Å²) in [6.07, 6.45) is 1.85. The van der Waals surface area contributed by atoms with Crippen LogP contribution in [0.4, 0.5) is 0 Å². The molecule has 0 unspecified atom stereocenters. The molecular weight excluding hydrogens is 198 g/mol. The highest BCUT2D eigenvalue weighted by molar-refractivity contribution is 7.13. The van der Waals surface area contributed by atoms with Gasteiger partial charge >= 0.3 is 0 Å². The fourth-order valence-electron chi connectivity index (χ4n) is 1.25. The average Bonchev–Trinajstić information content (AvgIpc) is 2.47. The minimum absolute atomic E-state index is 0.109. The molecule has 1 aromatic rings. The van der Waals surface area contributed by atoms with Crippen molar-refractivity contribution < 1.29 is 9.53 Å². The number of nitrogens with zero attached hydrogens (tertiary/aromatic N) is 1. The molecule has 0 amide bonds. The van der Waals surface area contributed by atoms with E-state index in [9.17, 15) is 4.79 Å². The van der Waals surface area contributed by atoms with Gasteiger partial charge in [-0.3, -0.25) is 4.79 Å². The molecule has 0 aliphatic rings. The topological polar surface area (TPSA) is 39.2 Å². The van der Waals surface area contributed by atoms with Gasteiger partial charge in [-0.2, -0.15) is 0 Å². The van der Waals surface area contributed by atoms with Crippen molar-refractivity contribution in [3.8, 4) is 0 Å². The van der Waals surface area contributed by atoms with Crippen molar-refractivity contribution in [1.82, 2.24) is 4.98 Å². The summed E-state index contributed by atoms with van der Waals surface area (Å²) < 4.78 is 4.96. The molecule has 0 aliphatic carbocycles. The highest BCUT2D eigenvalue weighted by atomic mass is 32.1. The number of thiazole rings is 1. The largest absolute Gasteiger partial charge is 0.385 e. The summed E-state index contributed by atoms with van der Waals surface area (Å²) in [5.41, 5.74) is 0.856. The van der Waals surface area contributed by atoms with Crippen molar-refractivity contribution in [2.75, 3.05) is 13.7 Å². The second-order valence-electron chi connectivity index (χ2n) is 3.17. The Hall–Kier alpha value is -0.740. The molecule has 1 aromatic heterocycles. The van der Waals surface area contributed by atoms with E-state index in [-0.39, 0.29) is 5.78 Å². The van der Waals surface area contributed by atoms with Crippen molar-refractivity contribution in [2.24, 2.45) is 0 Å². The summed E-state index contributed by atoms with van der Waals surface area (Å²) in [5, 5.41) is 1.03. The van der Waals surface area contributed by atoms with E-state index in [1.807, 2.05) is 6.92 Å². The van der Waals surface area contributed by atoms with Crippen LogP contribution in [-0.2, 0) is 11.2 Å². The minimum atomic E-state index is 0.109. The maximum atomic E-state index is 11.2. The molecule has 1 heterocycles. The van der Waals surface area contributed by atoms with E-state index in [4.69, 9.17) is 4.74 Å². The first-order valence-electron chi connectivity index (χ1n) is 4.61. The Kier molecular flexibility index (Phi) is 4.22. The Morgan fingerprint density at radius 3 is 2.79 bits per heavy atom.